The number of hydrogen-bond acceptors (Lipinski definition) is 4. The maximum Gasteiger partial charge on any atom is 0.460 e. The lowest BCUT2D eigenvalue weighted by atomic mass is 9.98. The van der Waals surface area contributed by atoms with E-state index in [1.807, 2.05) is 0 Å². The van der Waals surface area contributed by atoms with E-state index in [9.17, 15) is 49.1 Å². The predicted octanol–water partition coefficient (Wildman–Crippen LogP) is 3.58. The van der Waals surface area contributed by atoms with Crippen LogP contribution in [-0.2, 0) is 14.3 Å². The first-order valence-electron chi connectivity index (χ1n) is 6.80. The predicted molar refractivity (Wildman–Crippen MR) is 75.1 cm³/mol. The maximum absolute atomic E-state index is 13.0. The second kappa shape index (κ2) is 9.80. The Bertz CT molecular complexity index is 572. The van der Waals surface area contributed by atoms with Gasteiger partial charge < -0.3 is 14.9 Å². The van der Waals surface area contributed by atoms with Crippen molar-refractivity contribution in [1.29, 1.82) is 0 Å². The smallest absolute Gasteiger partial charge is 0.460 e. The molecule has 0 rings (SSSR count). The zero-order chi connectivity index (χ0) is 23.1. The summed E-state index contributed by atoms with van der Waals surface area (Å²) in [6, 6.07) is 0. The first kappa shape index (κ1) is 28.0. The number of halogens is 9. The van der Waals surface area contributed by atoms with Gasteiger partial charge in [-0.1, -0.05) is 13.2 Å². The molecule has 0 spiro atoms. The number of carbonyl (C=O) groups is 2. The third-order valence-electron chi connectivity index (χ3n) is 2.65. The van der Waals surface area contributed by atoms with Crippen molar-refractivity contribution >= 4 is 11.9 Å². The third kappa shape index (κ3) is 7.40. The molecule has 1 atom stereocenters. The van der Waals surface area contributed by atoms with Gasteiger partial charge in [-0.05, 0) is 6.92 Å². The summed E-state index contributed by atoms with van der Waals surface area (Å²) in [5, 5.41) is 16.8. The number of hydrogen-bond donors (Lipinski definition) is 2. The fourth-order valence-electron chi connectivity index (χ4n) is 1.13. The van der Waals surface area contributed by atoms with Gasteiger partial charge in [-0.2, -0.15) is 39.5 Å². The van der Waals surface area contributed by atoms with Crippen LogP contribution in [0.1, 0.15) is 13.3 Å². The molecular weight excluding hydrogens is 419 g/mol. The summed E-state index contributed by atoms with van der Waals surface area (Å²) < 4.78 is 116. The highest BCUT2D eigenvalue weighted by molar-refractivity contribution is 5.84. The van der Waals surface area contributed by atoms with Crippen molar-refractivity contribution in [2.75, 3.05) is 6.61 Å². The minimum absolute atomic E-state index is 0.176. The van der Waals surface area contributed by atoms with Crippen LogP contribution < -0.4 is 0 Å². The average Bonchev–Trinajstić information content (AvgIpc) is 2.51. The number of alkyl halides is 9. The Kier molecular flexibility index (Phi) is 9.78. The molecule has 0 aromatic heterocycles. The lowest BCUT2D eigenvalue weighted by molar-refractivity contribution is -0.398. The molecule has 0 saturated carbocycles. The number of esters is 1. The number of carboxylic acids is 1. The normalized spacial score (nSPS) is 13.7. The van der Waals surface area contributed by atoms with E-state index in [1.54, 1.807) is 0 Å². The van der Waals surface area contributed by atoms with E-state index < -0.39 is 55.0 Å². The summed E-state index contributed by atoms with van der Waals surface area (Å²) in [5.74, 6) is -22.0. The summed E-state index contributed by atoms with van der Waals surface area (Å²) in [6.45, 7) is 6.14. The molecule has 0 bridgehead atoms. The van der Waals surface area contributed by atoms with E-state index in [1.165, 1.54) is 6.92 Å². The lowest BCUT2D eigenvalue weighted by Crippen LogP contribution is -2.61. The standard InChI is InChI=1S/C10H9F9O3.C4H6O2/c1-2-6(21)22-4-5(20)3-7(11,12)8(13,14)9(15,16)10(17,18)19;1-3(2)4(5)6/h2,5,20H,1,3-4H2;1H2,2H3,(H,5,6). The molecular formula is C14H15F9O5. The van der Waals surface area contributed by atoms with Crippen LogP contribution in [0, 0.1) is 0 Å². The molecule has 0 fully saturated rings. The SMILES string of the molecule is C=C(C)C(=O)O.C=CC(=O)OCC(O)CC(F)(F)C(F)(F)C(F)(F)C(F)(F)F. The van der Waals surface area contributed by atoms with E-state index >= 15 is 0 Å². The van der Waals surface area contributed by atoms with Gasteiger partial charge in [0.05, 0.1) is 6.10 Å². The van der Waals surface area contributed by atoms with E-state index in [-0.39, 0.29) is 5.57 Å². The molecule has 0 aromatic carbocycles. The Morgan fingerprint density at radius 2 is 1.43 bits per heavy atom. The monoisotopic (exact) mass is 434 g/mol. The van der Waals surface area contributed by atoms with Crippen LogP contribution in [0.25, 0.3) is 0 Å². The zero-order valence-electron chi connectivity index (χ0n) is 14.0. The maximum atomic E-state index is 13.0. The zero-order valence-corrected chi connectivity index (χ0v) is 14.0. The van der Waals surface area contributed by atoms with Crippen LogP contribution in [0.2, 0.25) is 0 Å². The summed E-state index contributed by atoms with van der Waals surface area (Å²) in [5.41, 5.74) is 0.176. The van der Waals surface area contributed by atoms with Crippen molar-refractivity contribution in [3.8, 4) is 0 Å². The Morgan fingerprint density at radius 3 is 1.71 bits per heavy atom. The van der Waals surface area contributed by atoms with Gasteiger partial charge >= 0.3 is 35.9 Å². The molecule has 0 aliphatic heterocycles. The van der Waals surface area contributed by atoms with Crippen LogP contribution >= 0.6 is 0 Å². The van der Waals surface area contributed by atoms with Crippen LogP contribution in [-0.4, -0.2) is 58.8 Å². The first-order valence-corrected chi connectivity index (χ1v) is 6.80. The summed E-state index contributed by atoms with van der Waals surface area (Å²) in [6.07, 6.45) is -11.5. The second-order valence-corrected chi connectivity index (χ2v) is 5.13. The molecule has 14 heteroatoms. The number of aliphatic hydroxyl groups is 1. The van der Waals surface area contributed by atoms with Crippen molar-refractivity contribution < 1.29 is 64.1 Å². The van der Waals surface area contributed by atoms with Crippen LogP contribution in [0.15, 0.2) is 24.8 Å². The van der Waals surface area contributed by atoms with Crippen LogP contribution in [0.4, 0.5) is 39.5 Å². The molecule has 164 valence electrons. The number of ether oxygens (including phenoxy) is 1. The van der Waals surface area contributed by atoms with E-state index in [0.29, 0.717) is 6.08 Å². The van der Waals surface area contributed by atoms with Gasteiger partial charge in [0.1, 0.15) is 6.61 Å². The average molecular weight is 434 g/mol. The van der Waals surface area contributed by atoms with Gasteiger partial charge in [-0.25, -0.2) is 9.59 Å². The molecule has 0 amide bonds. The van der Waals surface area contributed by atoms with E-state index in [2.05, 4.69) is 17.9 Å². The van der Waals surface area contributed by atoms with Gasteiger partial charge in [0.2, 0.25) is 0 Å². The minimum atomic E-state index is -7.03. The highest BCUT2D eigenvalue weighted by atomic mass is 19.4. The van der Waals surface area contributed by atoms with Gasteiger partial charge in [0.25, 0.3) is 0 Å². The molecule has 1 unspecified atom stereocenters. The van der Waals surface area contributed by atoms with Gasteiger partial charge in [0, 0.05) is 18.1 Å². The van der Waals surface area contributed by atoms with Crippen molar-refractivity contribution in [2.24, 2.45) is 0 Å². The fraction of sp³-hybridized carbons (Fsp3) is 0.571. The second-order valence-electron chi connectivity index (χ2n) is 5.13. The number of aliphatic hydroxyl groups excluding tert-OH is 1. The topological polar surface area (TPSA) is 83.8 Å². The highest BCUT2D eigenvalue weighted by Gasteiger charge is 2.81. The molecule has 0 aromatic rings. The number of rotatable bonds is 8. The van der Waals surface area contributed by atoms with Crippen molar-refractivity contribution in [1.82, 2.24) is 0 Å². The van der Waals surface area contributed by atoms with Crippen molar-refractivity contribution in [3.63, 3.8) is 0 Å². The fourth-order valence-corrected chi connectivity index (χ4v) is 1.13. The van der Waals surface area contributed by atoms with Gasteiger partial charge in [-0.3, -0.25) is 0 Å². The molecule has 0 aliphatic carbocycles. The Hall–Kier alpha value is -2.25. The first-order chi connectivity index (χ1) is 12.2. The number of aliphatic carboxylic acids is 1. The largest absolute Gasteiger partial charge is 0.478 e. The van der Waals surface area contributed by atoms with Crippen LogP contribution in [0.5, 0.6) is 0 Å². The van der Waals surface area contributed by atoms with Gasteiger partial charge in [0.15, 0.2) is 0 Å². The van der Waals surface area contributed by atoms with E-state index in [4.69, 9.17) is 10.2 Å². The number of carboxylic acid groups (broad SMARTS) is 1. The highest BCUT2D eigenvalue weighted by Crippen LogP contribution is 2.54. The minimum Gasteiger partial charge on any atom is -0.478 e. The summed E-state index contributed by atoms with van der Waals surface area (Å²) in [7, 11) is 0. The van der Waals surface area contributed by atoms with Crippen LogP contribution in [0.3, 0.4) is 0 Å². The molecule has 2 N–H and O–H groups in total. The Labute approximate surface area is 152 Å². The molecule has 5 nitrogen and oxygen atoms in total. The third-order valence-corrected chi connectivity index (χ3v) is 2.65. The lowest BCUT2D eigenvalue weighted by Gasteiger charge is -2.34. The molecule has 28 heavy (non-hydrogen) atoms. The number of carbonyl (C=O) groups excluding carboxylic acids is 1. The molecule has 0 radical (unpaired) electrons. The summed E-state index contributed by atoms with van der Waals surface area (Å²) in [4.78, 5) is 20.1. The van der Waals surface area contributed by atoms with Gasteiger partial charge in [-0.15, -0.1) is 0 Å². The van der Waals surface area contributed by atoms with E-state index in [0.717, 1.165) is 0 Å². The Morgan fingerprint density at radius 1 is 1.04 bits per heavy atom. The van der Waals surface area contributed by atoms with Crippen molar-refractivity contribution in [3.05, 3.63) is 24.8 Å². The van der Waals surface area contributed by atoms with Crippen molar-refractivity contribution in [2.45, 2.75) is 43.4 Å². The molecule has 0 heterocycles. The molecule has 0 saturated heterocycles. The molecule has 0 aliphatic rings. The quantitative estimate of drug-likeness (QED) is 0.347. The summed E-state index contributed by atoms with van der Waals surface area (Å²) >= 11 is 0. The Balaban J connectivity index is 0.